The highest BCUT2D eigenvalue weighted by molar-refractivity contribution is 5.54. The van der Waals surface area contributed by atoms with E-state index in [1.165, 1.54) is 42.5 Å². The van der Waals surface area contributed by atoms with Crippen molar-refractivity contribution in [3.8, 4) is 0 Å². The predicted octanol–water partition coefficient (Wildman–Crippen LogP) is 2.88. The minimum absolute atomic E-state index is 0.733. The van der Waals surface area contributed by atoms with Gasteiger partial charge in [-0.25, -0.2) is 0 Å². The maximum absolute atomic E-state index is 5.60. The minimum Gasteiger partial charge on any atom is -0.371 e. The second-order valence-electron chi connectivity index (χ2n) is 5.21. The first kappa shape index (κ1) is 12.4. The van der Waals surface area contributed by atoms with Crippen LogP contribution in [0.2, 0.25) is 0 Å². The quantitative estimate of drug-likeness (QED) is 0.865. The highest BCUT2D eigenvalue weighted by atomic mass is 15.1. The summed E-state index contributed by atoms with van der Waals surface area (Å²) in [5.41, 5.74) is 9.72. The number of nitrogens with zero attached hydrogens (tertiary/aromatic N) is 1. The molecule has 0 heterocycles. The molecule has 0 aliphatic heterocycles. The Morgan fingerprint density at radius 1 is 1.29 bits per heavy atom. The molecular formula is C15H24N2. The third-order valence-corrected chi connectivity index (χ3v) is 3.95. The highest BCUT2D eigenvalue weighted by Gasteiger charge is 2.20. The molecule has 0 amide bonds. The standard InChI is InChI=1S/C15H24N2/c1-12-11-13(9-10-16)7-8-15(12)17(2)14-5-3-4-6-14/h7-8,11,14H,3-6,9-10,16H2,1-2H3. The molecule has 2 rings (SSSR count). The molecule has 2 N–H and O–H groups in total. The topological polar surface area (TPSA) is 29.3 Å². The molecule has 1 fully saturated rings. The average Bonchev–Trinajstić information content (AvgIpc) is 2.82. The van der Waals surface area contributed by atoms with E-state index in [1.54, 1.807) is 0 Å². The molecule has 2 heteroatoms. The third-order valence-electron chi connectivity index (χ3n) is 3.95. The van der Waals surface area contributed by atoms with Gasteiger partial charge in [0.1, 0.15) is 0 Å². The van der Waals surface area contributed by atoms with Crippen molar-refractivity contribution < 1.29 is 0 Å². The van der Waals surface area contributed by atoms with Gasteiger partial charge in [0, 0.05) is 18.8 Å². The van der Waals surface area contributed by atoms with Crippen LogP contribution in [0.4, 0.5) is 5.69 Å². The van der Waals surface area contributed by atoms with Crippen molar-refractivity contribution >= 4 is 5.69 Å². The first-order valence-corrected chi connectivity index (χ1v) is 6.75. The smallest absolute Gasteiger partial charge is 0.0396 e. The lowest BCUT2D eigenvalue weighted by Gasteiger charge is -2.28. The molecule has 1 aromatic rings. The fourth-order valence-electron chi connectivity index (χ4n) is 2.92. The van der Waals surface area contributed by atoms with Crippen LogP contribution in [0.5, 0.6) is 0 Å². The molecule has 0 radical (unpaired) electrons. The molecule has 1 saturated carbocycles. The van der Waals surface area contributed by atoms with E-state index in [9.17, 15) is 0 Å². The summed E-state index contributed by atoms with van der Waals surface area (Å²) in [6.07, 6.45) is 6.45. The van der Waals surface area contributed by atoms with Gasteiger partial charge in [0.05, 0.1) is 0 Å². The van der Waals surface area contributed by atoms with Gasteiger partial charge in [-0.15, -0.1) is 0 Å². The molecule has 94 valence electrons. The maximum atomic E-state index is 5.60. The van der Waals surface area contributed by atoms with E-state index in [2.05, 4.69) is 37.1 Å². The molecule has 0 unspecified atom stereocenters. The van der Waals surface area contributed by atoms with Gasteiger partial charge in [0.15, 0.2) is 0 Å². The van der Waals surface area contributed by atoms with Crippen LogP contribution in [0, 0.1) is 6.92 Å². The lowest BCUT2D eigenvalue weighted by atomic mass is 10.1. The van der Waals surface area contributed by atoms with Crippen LogP contribution in [-0.4, -0.2) is 19.6 Å². The van der Waals surface area contributed by atoms with Crippen LogP contribution in [0.3, 0.4) is 0 Å². The molecule has 1 aliphatic rings. The number of nitrogens with two attached hydrogens (primary N) is 1. The number of hydrogen-bond donors (Lipinski definition) is 1. The Kier molecular flexibility index (Phi) is 4.06. The number of aryl methyl sites for hydroxylation is 1. The monoisotopic (exact) mass is 232 g/mol. The summed E-state index contributed by atoms with van der Waals surface area (Å²) in [6, 6.07) is 7.52. The van der Waals surface area contributed by atoms with Gasteiger partial charge in [-0.1, -0.05) is 25.0 Å². The Hall–Kier alpha value is -1.02. The summed E-state index contributed by atoms with van der Waals surface area (Å²) in [7, 11) is 2.24. The Labute approximate surface area is 105 Å². The van der Waals surface area contributed by atoms with Crippen LogP contribution < -0.4 is 10.6 Å². The lowest BCUT2D eigenvalue weighted by molar-refractivity contribution is 0.652. The van der Waals surface area contributed by atoms with Gasteiger partial charge in [-0.3, -0.25) is 0 Å². The van der Waals surface area contributed by atoms with Crippen LogP contribution in [0.25, 0.3) is 0 Å². The summed E-state index contributed by atoms with van der Waals surface area (Å²) in [5.74, 6) is 0. The largest absolute Gasteiger partial charge is 0.371 e. The summed E-state index contributed by atoms with van der Waals surface area (Å²) in [5, 5.41) is 0. The van der Waals surface area contributed by atoms with Crippen LogP contribution >= 0.6 is 0 Å². The van der Waals surface area contributed by atoms with E-state index in [1.807, 2.05) is 0 Å². The summed E-state index contributed by atoms with van der Waals surface area (Å²) in [4.78, 5) is 2.47. The summed E-state index contributed by atoms with van der Waals surface area (Å²) in [6.45, 7) is 2.94. The van der Waals surface area contributed by atoms with Gasteiger partial charge in [0.25, 0.3) is 0 Å². The molecule has 1 aliphatic carbocycles. The molecule has 1 aromatic carbocycles. The van der Waals surface area contributed by atoms with E-state index >= 15 is 0 Å². The van der Waals surface area contributed by atoms with Gasteiger partial charge in [0.2, 0.25) is 0 Å². The molecule has 0 spiro atoms. The second kappa shape index (κ2) is 5.54. The zero-order chi connectivity index (χ0) is 12.3. The fraction of sp³-hybridized carbons (Fsp3) is 0.600. The van der Waals surface area contributed by atoms with E-state index < -0.39 is 0 Å². The Bertz CT molecular complexity index is 367. The number of anilines is 1. The lowest BCUT2D eigenvalue weighted by Crippen LogP contribution is -2.29. The van der Waals surface area contributed by atoms with Gasteiger partial charge < -0.3 is 10.6 Å². The van der Waals surface area contributed by atoms with Crippen LogP contribution in [-0.2, 0) is 6.42 Å². The predicted molar refractivity (Wildman–Crippen MR) is 74.6 cm³/mol. The van der Waals surface area contributed by atoms with Crippen LogP contribution in [0.15, 0.2) is 18.2 Å². The van der Waals surface area contributed by atoms with Gasteiger partial charge in [-0.2, -0.15) is 0 Å². The molecule has 0 aromatic heterocycles. The zero-order valence-corrected chi connectivity index (χ0v) is 11.1. The normalized spacial score (nSPS) is 16.4. The Morgan fingerprint density at radius 2 is 2.00 bits per heavy atom. The number of rotatable bonds is 4. The maximum Gasteiger partial charge on any atom is 0.0396 e. The molecule has 0 bridgehead atoms. The van der Waals surface area contributed by atoms with Crippen molar-refractivity contribution in [2.24, 2.45) is 5.73 Å². The van der Waals surface area contributed by atoms with Crippen molar-refractivity contribution in [2.75, 3.05) is 18.5 Å². The molecule has 17 heavy (non-hydrogen) atoms. The first-order chi connectivity index (χ1) is 8.22. The van der Waals surface area contributed by atoms with Crippen molar-refractivity contribution in [1.82, 2.24) is 0 Å². The van der Waals surface area contributed by atoms with Crippen LogP contribution in [0.1, 0.15) is 36.8 Å². The highest BCUT2D eigenvalue weighted by Crippen LogP contribution is 2.29. The Balaban J connectivity index is 2.14. The first-order valence-electron chi connectivity index (χ1n) is 6.75. The SMILES string of the molecule is Cc1cc(CCN)ccc1N(C)C1CCCC1. The van der Waals surface area contributed by atoms with Gasteiger partial charge in [-0.05, 0) is 49.9 Å². The minimum atomic E-state index is 0.733. The molecule has 2 nitrogen and oxygen atoms in total. The Morgan fingerprint density at radius 3 is 2.59 bits per heavy atom. The second-order valence-corrected chi connectivity index (χ2v) is 5.21. The van der Waals surface area contributed by atoms with E-state index in [-0.39, 0.29) is 0 Å². The van der Waals surface area contributed by atoms with E-state index in [0.717, 1.165) is 19.0 Å². The fourth-order valence-corrected chi connectivity index (χ4v) is 2.92. The van der Waals surface area contributed by atoms with Crippen molar-refractivity contribution in [3.05, 3.63) is 29.3 Å². The number of benzene rings is 1. The molecule has 0 atom stereocenters. The summed E-state index contributed by atoms with van der Waals surface area (Å²) >= 11 is 0. The molecule has 0 saturated heterocycles. The number of hydrogen-bond acceptors (Lipinski definition) is 2. The van der Waals surface area contributed by atoms with Crippen molar-refractivity contribution in [3.63, 3.8) is 0 Å². The third kappa shape index (κ3) is 2.81. The summed E-state index contributed by atoms with van der Waals surface area (Å²) < 4.78 is 0. The van der Waals surface area contributed by atoms with Crippen molar-refractivity contribution in [1.29, 1.82) is 0 Å². The van der Waals surface area contributed by atoms with E-state index in [0.29, 0.717) is 0 Å². The zero-order valence-electron chi connectivity index (χ0n) is 11.1. The van der Waals surface area contributed by atoms with E-state index in [4.69, 9.17) is 5.73 Å². The van der Waals surface area contributed by atoms with Crippen molar-refractivity contribution in [2.45, 2.75) is 45.1 Å². The average molecular weight is 232 g/mol. The van der Waals surface area contributed by atoms with Gasteiger partial charge >= 0.3 is 0 Å². The molecular weight excluding hydrogens is 208 g/mol.